The number of carbonyl (C=O) groups excluding carboxylic acids is 1. The van der Waals surface area contributed by atoms with Crippen molar-refractivity contribution in [3.8, 4) is 0 Å². The van der Waals surface area contributed by atoms with E-state index in [0.29, 0.717) is 29.5 Å². The Balaban J connectivity index is 1.80. The van der Waals surface area contributed by atoms with Gasteiger partial charge in [0, 0.05) is 28.8 Å². The van der Waals surface area contributed by atoms with Crippen molar-refractivity contribution < 1.29 is 9.53 Å². The van der Waals surface area contributed by atoms with Crippen LogP contribution in [0.1, 0.15) is 10.4 Å². The van der Waals surface area contributed by atoms with Gasteiger partial charge in [-0.05, 0) is 36.4 Å². The van der Waals surface area contributed by atoms with Crippen LogP contribution < -0.4 is 10.2 Å². The molecule has 3 rings (SSSR count). The van der Waals surface area contributed by atoms with Crippen LogP contribution in [-0.2, 0) is 4.74 Å². The number of rotatable bonds is 3. The summed E-state index contributed by atoms with van der Waals surface area (Å²) in [4.78, 5) is 14.6. The highest BCUT2D eigenvalue weighted by atomic mass is 79.9. The van der Waals surface area contributed by atoms with E-state index in [1.165, 1.54) is 0 Å². The highest BCUT2D eigenvalue weighted by Gasteiger charge is 2.14. The third kappa shape index (κ3) is 4.05. The monoisotopic (exact) mass is 394 g/mol. The van der Waals surface area contributed by atoms with Crippen molar-refractivity contribution in [3.05, 3.63) is 57.5 Å². The average Bonchev–Trinajstić information content (AvgIpc) is 2.57. The van der Waals surface area contributed by atoms with Crippen LogP contribution in [0.15, 0.2) is 46.9 Å². The summed E-state index contributed by atoms with van der Waals surface area (Å²) in [5, 5.41) is 3.40. The summed E-state index contributed by atoms with van der Waals surface area (Å²) >= 11 is 9.60. The van der Waals surface area contributed by atoms with E-state index >= 15 is 0 Å². The fraction of sp³-hybridized carbons (Fsp3) is 0.235. The Morgan fingerprint density at radius 3 is 2.70 bits per heavy atom. The summed E-state index contributed by atoms with van der Waals surface area (Å²) in [6, 6.07) is 12.9. The van der Waals surface area contributed by atoms with Crippen molar-refractivity contribution in [2.75, 3.05) is 36.5 Å². The molecule has 1 amide bonds. The molecule has 120 valence electrons. The molecule has 1 aliphatic heterocycles. The maximum absolute atomic E-state index is 12.4. The number of ether oxygens (including phenoxy) is 1. The minimum Gasteiger partial charge on any atom is -0.378 e. The van der Waals surface area contributed by atoms with E-state index in [4.69, 9.17) is 16.3 Å². The van der Waals surface area contributed by atoms with Gasteiger partial charge in [0.05, 0.1) is 23.9 Å². The minimum atomic E-state index is -0.188. The van der Waals surface area contributed by atoms with Crippen LogP contribution >= 0.6 is 27.5 Å². The second-order valence-electron chi connectivity index (χ2n) is 5.23. The van der Waals surface area contributed by atoms with E-state index in [1.54, 1.807) is 12.1 Å². The highest BCUT2D eigenvalue weighted by molar-refractivity contribution is 9.10. The topological polar surface area (TPSA) is 41.6 Å². The maximum atomic E-state index is 12.4. The molecule has 4 nitrogen and oxygen atoms in total. The normalized spacial score (nSPS) is 14.6. The molecule has 0 saturated carbocycles. The molecular formula is C17H16BrClN2O2. The van der Waals surface area contributed by atoms with Crippen molar-refractivity contribution in [1.82, 2.24) is 0 Å². The van der Waals surface area contributed by atoms with Crippen LogP contribution in [-0.4, -0.2) is 32.2 Å². The number of anilines is 2. The Morgan fingerprint density at radius 2 is 1.96 bits per heavy atom. The molecule has 1 fully saturated rings. The number of carbonyl (C=O) groups is 1. The summed E-state index contributed by atoms with van der Waals surface area (Å²) in [6.07, 6.45) is 0. The van der Waals surface area contributed by atoms with Gasteiger partial charge in [-0.2, -0.15) is 0 Å². The molecule has 1 heterocycles. The number of morpholine rings is 1. The van der Waals surface area contributed by atoms with Crippen molar-refractivity contribution in [2.24, 2.45) is 0 Å². The molecule has 0 aromatic heterocycles. The lowest BCUT2D eigenvalue weighted by Crippen LogP contribution is -2.36. The van der Waals surface area contributed by atoms with Gasteiger partial charge < -0.3 is 15.0 Å². The lowest BCUT2D eigenvalue weighted by molar-refractivity contribution is 0.102. The van der Waals surface area contributed by atoms with E-state index in [1.807, 2.05) is 30.3 Å². The number of benzene rings is 2. The average molecular weight is 396 g/mol. The Labute approximate surface area is 148 Å². The Morgan fingerprint density at radius 1 is 1.17 bits per heavy atom. The van der Waals surface area contributed by atoms with Crippen LogP contribution in [0.5, 0.6) is 0 Å². The van der Waals surface area contributed by atoms with Crippen LogP contribution in [0, 0.1) is 0 Å². The van der Waals surface area contributed by atoms with Gasteiger partial charge in [-0.15, -0.1) is 0 Å². The van der Waals surface area contributed by atoms with Gasteiger partial charge in [-0.25, -0.2) is 0 Å². The maximum Gasteiger partial charge on any atom is 0.255 e. The van der Waals surface area contributed by atoms with Crippen molar-refractivity contribution >= 4 is 44.8 Å². The summed E-state index contributed by atoms with van der Waals surface area (Å²) < 4.78 is 6.23. The van der Waals surface area contributed by atoms with E-state index < -0.39 is 0 Å². The van der Waals surface area contributed by atoms with Crippen LogP contribution in [0.4, 0.5) is 11.4 Å². The lowest BCUT2D eigenvalue weighted by atomic mass is 10.2. The van der Waals surface area contributed by atoms with Crippen molar-refractivity contribution in [1.29, 1.82) is 0 Å². The number of hydrogen-bond acceptors (Lipinski definition) is 3. The molecule has 0 atom stereocenters. The van der Waals surface area contributed by atoms with Crippen LogP contribution in [0.2, 0.25) is 5.02 Å². The summed E-state index contributed by atoms with van der Waals surface area (Å²) in [5.74, 6) is -0.188. The van der Waals surface area contributed by atoms with Crippen molar-refractivity contribution in [2.45, 2.75) is 0 Å². The molecule has 23 heavy (non-hydrogen) atoms. The second kappa shape index (κ2) is 7.34. The zero-order chi connectivity index (χ0) is 16.2. The number of halogens is 2. The molecular weight excluding hydrogens is 380 g/mol. The first-order valence-electron chi connectivity index (χ1n) is 7.32. The molecule has 1 aliphatic rings. The second-order valence-corrected chi connectivity index (χ2v) is 6.55. The molecule has 0 unspecified atom stereocenters. The Hall–Kier alpha value is -1.56. The van der Waals surface area contributed by atoms with E-state index in [-0.39, 0.29) is 5.91 Å². The quantitative estimate of drug-likeness (QED) is 0.847. The van der Waals surface area contributed by atoms with Gasteiger partial charge in [0.15, 0.2) is 0 Å². The minimum absolute atomic E-state index is 0.188. The van der Waals surface area contributed by atoms with Gasteiger partial charge in [-0.3, -0.25) is 4.79 Å². The standard InChI is InChI=1S/C17H16BrClN2O2/c18-13-3-1-2-12(10-13)17(22)20-16-11-14(4-5-15(16)19)21-6-8-23-9-7-21/h1-5,10-11H,6-9H2,(H,20,22). The first-order chi connectivity index (χ1) is 11.1. The smallest absolute Gasteiger partial charge is 0.255 e. The van der Waals surface area contributed by atoms with Gasteiger partial charge >= 0.3 is 0 Å². The predicted molar refractivity (Wildman–Crippen MR) is 96.6 cm³/mol. The molecule has 1 saturated heterocycles. The number of amides is 1. The molecule has 0 bridgehead atoms. The van der Waals surface area contributed by atoms with E-state index in [9.17, 15) is 4.79 Å². The number of hydrogen-bond donors (Lipinski definition) is 1. The van der Waals surface area contributed by atoms with Crippen LogP contribution in [0.25, 0.3) is 0 Å². The largest absolute Gasteiger partial charge is 0.378 e. The first-order valence-corrected chi connectivity index (χ1v) is 8.50. The zero-order valence-corrected chi connectivity index (χ0v) is 14.7. The Bertz CT molecular complexity index is 717. The first kappa shape index (κ1) is 16.3. The van der Waals surface area contributed by atoms with E-state index in [0.717, 1.165) is 23.2 Å². The van der Waals surface area contributed by atoms with Gasteiger partial charge in [0.1, 0.15) is 0 Å². The molecule has 2 aromatic carbocycles. The molecule has 0 aliphatic carbocycles. The fourth-order valence-electron chi connectivity index (χ4n) is 2.45. The summed E-state index contributed by atoms with van der Waals surface area (Å²) in [7, 11) is 0. The van der Waals surface area contributed by atoms with Crippen molar-refractivity contribution in [3.63, 3.8) is 0 Å². The number of nitrogens with one attached hydrogen (secondary N) is 1. The molecule has 0 radical (unpaired) electrons. The SMILES string of the molecule is O=C(Nc1cc(N2CCOCC2)ccc1Cl)c1cccc(Br)c1. The highest BCUT2D eigenvalue weighted by Crippen LogP contribution is 2.28. The van der Waals surface area contributed by atoms with E-state index in [2.05, 4.69) is 26.1 Å². The summed E-state index contributed by atoms with van der Waals surface area (Å²) in [6.45, 7) is 3.09. The molecule has 1 N–H and O–H groups in total. The van der Waals surface area contributed by atoms with Crippen LogP contribution in [0.3, 0.4) is 0 Å². The zero-order valence-electron chi connectivity index (χ0n) is 12.4. The lowest BCUT2D eigenvalue weighted by Gasteiger charge is -2.29. The molecule has 2 aromatic rings. The summed E-state index contributed by atoms with van der Waals surface area (Å²) in [5.41, 5.74) is 2.22. The van der Waals surface area contributed by atoms with Gasteiger partial charge in [-0.1, -0.05) is 33.6 Å². The third-order valence-corrected chi connectivity index (χ3v) is 4.48. The predicted octanol–water partition coefficient (Wildman–Crippen LogP) is 4.19. The third-order valence-electron chi connectivity index (χ3n) is 3.66. The molecule has 6 heteroatoms. The molecule has 0 spiro atoms. The number of nitrogens with zero attached hydrogens (tertiary/aromatic N) is 1. The fourth-order valence-corrected chi connectivity index (χ4v) is 3.02. The Kier molecular flexibility index (Phi) is 5.20. The van der Waals surface area contributed by atoms with Gasteiger partial charge in [0.25, 0.3) is 5.91 Å². The van der Waals surface area contributed by atoms with Gasteiger partial charge in [0.2, 0.25) is 0 Å².